The van der Waals surface area contributed by atoms with Gasteiger partial charge in [-0.1, -0.05) is 13.3 Å². The van der Waals surface area contributed by atoms with Crippen LogP contribution in [0.1, 0.15) is 19.8 Å². The van der Waals surface area contributed by atoms with Gasteiger partial charge >= 0.3 is 0 Å². The zero-order valence-electron chi connectivity index (χ0n) is 12.1. The van der Waals surface area contributed by atoms with Crippen LogP contribution in [0.4, 0.5) is 0 Å². The summed E-state index contributed by atoms with van der Waals surface area (Å²) in [5.41, 5.74) is 0. The highest BCUT2D eigenvalue weighted by Gasteiger charge is 2.03. The molecular formula is C13H29NO4. The molecule has 0 saturated heterocycles. The Bertz CT molecular complexity index is 158. The molecule has 0 aliphatic rings. The van der Waals surface area contributed by atoms with Gasteiger partial charge in [0.2, 0.25) is 0 Å². The average molecular weight is 263 g/mol. The molecule has 0 aromatic carbocycles. The Morgan fingerprint density at radius 3 is 1.94 bits per heavy atom. The summed E-state index contributed by atoms with van der Waals surface area (Å²) in [6.07, 6.45) is 2.31. The summed E-state index contributed by atoms with van der Waals surface area (Å²) in [6.45, 7) is 6.66. The van der Waals surface area contributed by atoms with Crippen LogP contribution in [0.5, 0.6) is 0 Å². The lowest BCUT2D eigenvalue weighted by Gasteiger charge is -2.15. The maximum Gasteiger partial charge on any atom is 0.0701 e. The van der Waals surface area contributed by atoms with Crippen LogP contribution in [-0.2, 0) is 18.9 Å². The lowest BCUT2D eigenvalue weighted by Crippen LogP contribution is -2.30. The monoisotopic (exact) mass is 263 g/mol. The van der Waals surface area contributed by atoms with Gasteiger partial charge in [-0.05, 0) is 13.5 Å². The number of ether oxygens (including phenoxy) is 4. The summed E-state index contributed by atoms with van der Waals surface area (Å²) < 4.78 is 21.0. The number of hydrogen-bond donors (Lipinski definition) is 1. The molecule has 0 amide bonds. The van der Waals surface area contributed by atoms with E-state index in [0.29, 0.717) is 45.7 Å². The molecule has 1 N–H and O–H groups in total. The van der Waals surface area contributed by atoms with E-state index in [1.807, 2.05) is 7.05 Å². The first-order valence-electron chi connectivity index (χ1n) is 6.74. The SMILES string of the molecule is CCCC(COCCOCCOCCOC)NC. The third-order valence-corrected chi connectivity index (χ3v) is 2.54. The molecule has 110 valence electrons. The Balaban J connectivity index is 3.10. The fourth-order valence-electron chi connectivity index (χ4n) is 1.47. The Morgan fingerprint density at radius 2 is 1.44 bits per heavy atom. The molecule has 5 nitrogen and oxygen atoms in total. The van der Waals surface area contributed by atoms with Crippen LogP contribution in [0.3, 0.4) is 0 Å². The second kappa shape index (κ2) is 14.9. The smallest absolute Gasteiger partial charge is 0.0701 e. The van der Waals surface area contributed by atoms with Gasteiger partial charge in [-0.2, -0.15) is 0 Å². The van der Waals surface area contributed by atoms with Gasteiger partial charge in [0.25, 0.3) is 0 Å². The van der Waals surface area contributed by atoms with Gasteiger partial charge < -0.3 is 24.3 Å². The number of hydrogen-bond acceptors (Lipinski definition) is 5. The zero-order valence-corrected chi connectivity index (χ0v) is 12.1. The average Bonchev–Trinajstić information content (AvgIpc) is 2.39. The van der Waals surface area contributed by atoms with E-state index in [9.17, 15) is 0 Å². The Labute approximate surface area is 111 Å². The first-order chi connectivity index (χ1) is 8.85. The van der Waals surface area contributed by atoms with Crippen molar-refractivity contribution in [2.45, 2.75) is 25.8 Å². The second-order valence-corrected chi connectivity index (χ2v) is 4.07. The van der Waals surface area contributed by atoms with Gasteiger partial charge in [0.05, 0.1) is 46.2 Å². The van der Waals surface area contributed by atoms with Crippen molar-refractivity contribution >= 4 is 0 Å². The fourth-order valence-corrected chi connectivity index (χ4v) is 1.47. The quantitative estimate of drug-likeness (QED) is 0.475. The molecule has 0 rings (SSSR count). The minimum atomic E-state index is 0.451. The topological polar surface area (TPSA) is 49.0 Å². The number of likely N-dealkylation sites (N-methyl/N-ethyl adjacent to an activating group) is 1. The summed E-state index contributed by atoms with van der Waals surface area (Å²) in [7, 11) is 3.63. The molecule has 0 saturated carbocycles. The van der Waals surface area contributed by atoms with Gasteiger partial charge in [-0.25, -0.2) is 0 Å². The van der Waals surface area contributed by atoms with Crippen molar-refractivity contribution in [2.24, 2.45) is 0 Å². The first-order valence-corrected chi connectivity index (χ1v) is 6.74. The normalized spacial score (nSPS) is 12.8. The number of rotatable bonds is 14. The molecule has 0 spiro atoms. The van der Waals surface area contributed by atoms with Crippen molar-refractivity contribution < 1.29 is 18.9 Å². The summed E-state index contributed by atoms with van der Waals surface area (Å²) >= 11 is 0. The van der Waals surface area contributed by atoms with Crippen molar-refractivity contribution in [2.75, 3.05) is 60.4 Å². The van der Waals surface area contributed by atoms with Crippen molar-refractivity contribution in [3.05, 3.63) is 0 Å². The van der Waals surface area contributed by atoms with Gasteiger partial charge in [0.1, 0.15) is 0 Å². The van der Waals surface area contributed by atoms with E-state index in [1.165, 1.54) is 6.42 Å². The minimum Gasteiger partial charge on any atom is -0.382 e. The standard InChI is InChI=1S/C13H29NO4/c1-4-5-13(14-2)12-18-11-10-17-9-8-16-7-6-15-3/h13-14H,4-12H2,1-3H3. The molecule has 1 atom stereocenters. The van der Waals surface area contributed by atoms with Gasteiger partial charge in [0, 0.05) is 13.2 Å². The second-order valence-electron chi connectivity index (χ2n) is 4.07. The first kappa shape index (κ1) is 17.8. The largest absolute Gasteiger partial charge is 0.382 e. The van der Waals surface area contributed by atoms with E-state index in [0.717, 1.165) is 13.0 Å². The van der Waals surface area contributed by atoms with Gasteiger partial charge in [-0.15, -0.1) is 0 Å². The molecule has 18 heavy (non-hydrogen) atoms. The molecular weight excluding hydrogens is 234 g/mol. The lowest BCUT2D eigenvalue weighted by atomic mass is 10.2. The van der Waals surface area contributed by atoms with Crippen LogP contribution in [0.2, 0.25) is 0 Å². The molecule has 0 aliphatic heterocycles. The van der Waals surface area contributed by atoms with E-state index < -0.39 is 0 Å². The molecule has 0 heterocycles. The van der Waals surface area contributed by atoms with Crippen molar-refractivity contribution in [1.82, 2.24) is 5.32 Å². The van der Waals surface area contributed by atoms with Gasteiger partial charge in [0.15, 0.2) is 0 Å². The van der Waals surface area contributed by atoms with Crippen LogP contribution in [0.25, 0.3) is 0 Å². The summed E-state index contributed by atoms with van der Waals surface area (Å²) in [5, 5.41) is 3.24. The maximum absolute atomic E-state index is 5.54. The molecule has 0 fully saturated rings. The highest BCUT2D eigenvalue weighted by molar-refractivity contribution is 4.61. The zero-order chi connectivity index (χ0) is 13.5. The van der Waals surface area contributed by atoms with Crippen molar-refractivity contribution in [3.63, 3.8) is 0 Å². The Kier molecular flexibility index (Phi) is 14.7. The van der Waals surface area contributed by atoms with Crippen LogP contribution in [0, 0.1) is 0 Å². The van der Waals surface area contributed by atoms with E-state index in [2.05, 4.69) is 12.2 Å². The molecule has 5 heteroatoms. The van der Waals surface area contributed by atoms with Crippen LogP contribution in [-0.4, -0.2) is 66.4 Å². The molecule has 0 aliphatic carbocycles. The van der Waals surface area contributed by atoms with E-state index in [-0.39, 0.29) is 0 Å². The van der Waals surface area contributed by atoms with E-state index in [1.54, 1.807) is 7.11 Å². The third kappa shape index (κ3) is 12.3. The predicted octanol–water partition coefficient (Wildman–Crippen LogP) is 1.07. The Hall–Kier alpha value is -0.200. The number of nitrogens with one attached hydrogen (secondary N) is 1. The summed E-state index contributed by atoms with van der Waals surface area (Å²) in [5.74, 6) is 0. The highest BCUT2D eigenvalue weighted by atomic mass is 16.6. The fraction of sp³-hybridized carbons (Fsp3) is 1.00. The van der Waals surface area contributed by atoms with Crippen LogP contribution >= 0.6 is 0 Å². The molecule has 0 bridgehead atoms. The maximum atomic E-state index is 5.54. The molecule has 0 aromatic rings. The minimum absolute atomic E-state index is 0.451. The summed E-state index contributed by atoms with van der Waals surface area (Å²) in [6, 6.07) is 0.451. The van der Waals surface area contributed by atoms with Gasteiger partial charge in [-0.3, -0.25) is 0 Å². The lowest BCUT2D eigenvalue weighted by molar-refractivity contribution is 0.000769. The van der Waals surface area contributed by atoms with E-state index in [4.69, 9.17) is 18.9 Å². The predicted molar refractivity (Wildman–Crippen MR) is 72.1 cm³/mol. The summed E-state index contributed by atoms with van der Waals surface area (Å²) in [4.78, 5) is 0. The Morgan fingerprint density at radius 1 is 0.889 bits per heavy atom. The van der Waals surface area contributed by atoms with E-state index >= 15 is 0 Å². The third-order valence-electron chi connectivity index (χ3n) is 2.54. The van der Waals surface area contributed by atoms with Crippen LogP contribution in [0.15, 0.2) is 0 Å². The molecule has 1 unspecified atom stereocenters. The number of methoxy groups -OCH3 is 1. The van der Waals surface area contributed by atoms with Crippen molar-refractivity contribution in [1.29, 1.82) is 0 Å². The van der Waals surface area contributed by atoms with Crippen LogP contribution < -0.4 is 5.32 Å². The van der Waals surface area contributed by atoms with Crippen molar-refractivity contribution in [3.8, 4) is 0 Å². The highest BCUT2D eigenvalue weighted by Crippen LogP contribution is 1.96. The molecule has 0 aromatic heterocycles. The molecule has 0 radical (unpaired) electrons.